The average molecular weight is 465 g/mol. The maximum atomic E-state index is 12.1. The highest BCUT2D eigenvalue weighted by molar-refractivity contribution is 5.84. The van der Waals surface area contributed by atoms with Crippen molar-refractivity contribution in [3.05, 3.63) is 37.1 Å². The van der Waals surface area contributed by atoms with Gasteiger partial charge in [0.25, 0.3) is 0 Å². The molecule has 1 aliphatic carbocycles. The number of rotatable bonds is 5. The number of hydrogen-bond acceptors (Lipinski definition) is 8. The Bertz CT molecular complexity index is 1360. The molecule has 0 radical (unpaired) electrons. The largest absolute Gasteiger partial charge is 0.479 e. The summed E-state index contributed by atoms with van der Waals surface area (Å²) in [6.45, 7) is 7.69. The summed E-state index contributed by atoms with van der Waals surface area (Å²) in [4.78, 5) is 25.3. The van der Waals surface area contributed by atoms with Crippen LogP contribution in [-0.4, -0.2) is 59.4 Å². The lowest BCUT2D eigenvalue weighted by atomic mass is 9.77. The van der Waals surface area contributed by atoms with Gasteiger partial charge in [0.05, 0.1) is 7.11 Å². The van der Waals surface area contributed by atoms with Gasteiger partial charge in [-0.05, 0) is 33.8 Å². The Morgan fingerprint density at radius 3 is 2.76 bits per heavy atom. The van der Waals surface area contributed by atoms with Gasteiger partial charge in [-0.1, -0.05) is 0 Å². The van der Waals surface area contributed by atoms with E-state index in [1.165, 1.54) is 0 Å². The lowest BCUT2D eigenvalue weighted by molar-refractivity contribution is -0.0414. The zero-order valence-corrected chi connectivity index (χ0v) is 19.9. The Labute approximate surface area is 196 Å². The summed E-state index contributed by atoms with van der Waals surface area (Å²) in [7, 11) is 1.59. The van der Waals surface area contributed by atoms with E-state index in [0.29, 0.717) is 30.4 Å². The molecule has 0 unspecified atom stereocenters. The molecule has 1 aliphatic rings. The molecule has 5 rings (SSSR count). The van der Waals surface area contributed by atoms with Gasteiger partial charge in [-0.3, -0.25) is 4.40 Å². The first kappa shape index (κ1) is 21.9. The van der Waals surface area contributed by atoms with Crippen molar-refractivity contribution < 1.29 is 14.3 Å². The third-order valence-electron chi connectivity index (χ3n) is 5.73. The van der Waals surface area contributed by atoms with Crippen molar-refractivity contribution in [2.24, 2.45) is 0 Å². The van der Waals surface area contributed by atoms with Crippen LogP contribution in [0.4, 0.5) is 10.7 Å². The molecule has 11 nitrogen and oxygen atoms in total. The topological polar surface area (TPSA) is 120 Å². The number of hydrogen-bond donors (Lipinski definition) is 2. The number of carbonyl (C=O) groups excluding carboxylic acids is 1. The molecule has 2 N–H and O–H groups in total. The minimum atomic E-state index is -0.527. The number of alkyl carbamates (subject to hydrolysis) is 1. The number of methoxy groups -OCH3 is 1. The summed E-state index contributed by atoms with van der Waals surface area (Å²) in [5, 5.41) is 10.8. The Balaban J connectivity index is 1.32. The minimum Gasteiger partial charge on any atom is -0.479 e. The van der Waals surface area contributed by atoms with Crippen LogP contribution in [0.15, 0.2) is 37.1 Å². The Kier molecular flexibility index (Phi) is 5.07. The number of carbonyl (C=O) groups is 1. The number of imidazole rings is 1. The molecule has 0 aliphatic heterocycles. The normalized spacial score (nSPS) is 20.2. The van der Waals surface area contributed by atoms with Crippen LogP contribution in [0, 0.1) is 0 Å². The Hall–Kier alpha value is -3.89. The second-order valence-electron chi connectivity index (χ2n) is 9.91. The molecule has 0 saturated heterocycles. The van der Waals surface area contributed by atoms with E-state index in [-0.39, 0.29) is 11.6 Å². The number of nitrogens with zero attached hydrogens (tertiary/aromatic N) is 6. The molecule has 4 aromatic rings. The molecule has 0 bridgehead atoms. The summed E-state index contributed by atoms with van der Waals surface area (Å²) < 4.78 is 14.8. The zero-order chi connectivity index (χ0) is 24.1. The molecule has 1 saturated carbocycles. The van der Waals surface area contributed by atoms with Crippen LogP contribution in [0.1, 0.15) is 40.5 Å². The van der Waals surface area contributed by atoms with Gasteiger partial charge in [0.2, 0.25) is 17.6 Å². The minimum absolute atomic E-state index is 0.0810. The first-order valence-electron chi connectivity index (χ1n) is 11.1. The fourth-order valence-corrected chi connectivity index (χ4v) is 4.29. The SMILES string of the molecule is COc1nc(NC2CC(C)(OC(=O)NC(C)(C)C)C2)nn2ccc(-c3cnc4nccn4c3)c12. The van der Waals surface area contributed by atoms with E-state index in [4.69, 9.17) is 9.47 Å². The molecule has 178 valence electrons. The van der Waals surface area contributed by atoms with Crippen molar-refractivity contribution in [1.82, 2.24) is 34.3 Å². The van der Waals surface area contributed by atoms with Crippen LogP contribution in [-0.2, 0) is 4.74 Å². The van der Waals surface area contributed by atoms with E-state index in [1.54, 1.807) is 24.0 Å². The lowest BCUT2D eigenvalue weighted by Crippen LogP contribution is -2.54. The third kappa shape index (κ3) is 4.20. The van der Waals surface area contributed by atoms with Gasteiger partial charge in [-0.25, -0.2) is 19.3 Å². The first-order chi connectivity index (χ1) is 16.1. The van der Waals surface area contributed by atoms with Gasteiger partial charge in [0.1, 0.15) is 11.1 Å². The van der Waals surface area contributed by atoms with Crippen molar-refractivity contribution in [3.8, 4) is 17.0 Å². The summed E-state index contributed by atoms with van der Waals surface area (Å²) in [6.07, 6.45) is 10.1. The molecule has 1 fully saturated rings. The van der Waals surface area contributed by atoms with Crippen LogP contribution in [0.25, 0.3) is 22.4 Å². The van der Waals surface area contributed by atoms with E-state index >= 15 is 0 Å². The number of ether oxygens (including phenoxy) is 2. The highest BCUT2D eigenvalue weighted by atomic mass is 16.6. The molecule has 11 heteroatoms. The van der Waals surface area contributed by atoms with E-state index in [9.17, 15) is 4.79 Å². The quantitative estimate of drug-likeness (QED) is 0.462. The maximum Gasteiger partial charge on any atom is 0.408 e. The van der Waals surface area contributed by atoms with Crippen molar-refractivity contribution in [3.63, 3.8) is 0 Å². The number of anilines is 1. The van der Waals surface area contributed by atoms with E-state index < -0.39 is 11.7 Å². The van der Waals surface area contributed by atoms with Crippen molar-refractivity contribution in [1.29, 1.82) is 0 Å². The predicted octanol–water partition coefficient (Wildman–Crippen LogP) is 3.31. The second-order valence-corrected chi connectivity index (χ2v) is 9.91. The van der Waals surface area contributed by atoms with Gasteiger partial charge < -0.3 is 20.1 Å². The molecule has 0 atom stereocenters. The lowest BCUT2D eigenvalue weighted by Gasteiger charge is -2.44. The van der Waals surface area contributed by atoms with Crippen LogP contribution in [0.2, 0.25) is 0 Å². The van der Waals surface area contributed by atoms with Crippen molar-refractivity contribution >= 4 is 23.3 Å². The monoisotopic (exact) mass is 464 g/mol. The fraction of sp³-hybridized carbons (Fsp3) is 0.435. The smallest absolute Gasteiger partial charge is 0.408 e. The number of amides is 1. The third-order valence-corrected chi connectivity index (χ3v) is 5.73. The highest BCUT2D eigenvalue weighted by Crippen LogP contribution is 2.38. The number of nitrogens with one attached hydrogen (secondary N) is 2. The van der Waals surface area contributed by atoms with Gasteiger partial charge in [0, 0.05) is 66.5 Å². The molecule has 34 heavy (non-hydrogen) atoms. The molecular formula is C23H28N8O3. The summed E-state index contributed by atoms with van der Waals surface area (Å²) >= 11 is 0. The van der Waals surface area contributed by atoms with E-state index in [0.717, 1.165) is 16.6 Å². The second kappa shape index (κ2) is 7.86. The van der Waals surface area contributed by atoms with Gasteiger partial charge in [-0.2, -0.15) is 4.98 Å². The van der Waals surface area contributed by atoms with E-state index in [1.807, 2.05) is 56.8 Å². The summed E-state index contributed by atoms with van der Waals surface area (Å²) in [6, 6.07) is 2.04. The van der Waals surface area contributed by atoms with Gasteiger partial charge >= 0.3 is 6.09 Å². The highest BCUT2D eigenvalue weighted by Gasteiger charge is 2.44. The molecule has 4 heterocycles. The Morgan fingerprint density at radius 2 is 2.03 bits per heavy atom. The van der Waals surface area contributed by atoms with E-state index in [2.05, 4.69) is 30.7 Å². The van der Waals surface area contributed by atoms with Crippen LogP contribution >= 0.6 is 0 Å². The van der Waals surface area contributed by atoms with Gasteiger partial charge in [-0.15, -0.1) is 5.10 Å². The first-order valence-corrected chi connectivity index (χ1v) is 11.1. The summed E-state index contributed by atoms with van der Waals surface area (Å²) in [5.74, 6) is 1.53. The van der Waals surface area contributed by atoms with Crippen LogP contribution in [0.5, 0.6) is 5.88 Å². The van der Waals surface area contributed by atoms with Crippen molar-refractivity contribution in [2.75, 3.05) is 12.4 Å². The maximum absolute atomic E-state index is 12.1. The van der Waals surface area contributed by atoms with Gasteiger partial charge in [0.15, 0.2) is 0 Å². The predicted molar refractivity (Wildman–Crippen MR) is 126 cm³/mol. The number of fused-ring (bicyclic) bond motifs is 2. The van der Waals surface area contributed by atoms with Crippen LogP contribution in [0.3, 0.4) is 0 Å². The standard InChI is InChI=1S/C23H28N8O3/c1-22(2,3)28-21(32)34-23(4)10-15(11-23)26-19-27-18(33-5)17-16(6-8-31(17)29-19)14-12-25-20-24-7-9-30(20)13-14/h6-9,12-13,15H,10-11H2,1-5H3,(H,26,29)(H,28,32). The summed E-state index contributed by atoms with van der Waals surface area (Å²) in [5.41, 5.74) is 1.68. The zero-order valence-electron chi connectivity index (χ0n) is 19.9. The molecular weight excluding hydrogens is 436 g/mol. The molecule has 4 aromatic heterocycles. The fourth-order valence-electron chi connectivity index (χ4n) is 4.29. The molecule has 0 aromatic carbocycles. The molecule has 1 amide bonds. The van der Waals surface area contributed by atoms with Crippen molar-refractivity contribution in [2.45, 2.75) is 57.7 Å². The van der Waals surface area contributed by atoms with Crippen LogP contribution < -0.4 is 15.4 Å². The Morgan fingerprint density at radius 1 is 1.24 bits per heavy atom. The molecule has 0 spiro atoms. The average Bonchev–Trinajstić information content (AvgIpc) is 3.36. The number of aromatic nitrogens is 6.